The maximum absolute atomic E-state index is 9.65. The fraction of sp³-hybridized carbons (Fsp3) is 0.267. The Morgan fingerprint density at radius 1 is 1.17 bits per heavy atom. The molecule has 0 saturated carbocycles. The summed E-state index contributed by atoms with van der Waals surface area (Å²) in [6.45, 7) is 4.09. The SMILES string of the molecule is Cc1cccc(COc2ccccc2C(C)O)n1. The van der Waals surface area contributed by atoms with Crippen molar-refractivity contribution < 1.29 is 9.84 Å². The highest BCUT2D eigenvalue weighted by Gasteiger charge is 2.08. The van der Waals surface area contributed by atoms with Crippen LogP contribution in [0.15, 0.2) is 42.5 Å². The molecular weight excluding hydrogens is 226 g/mol. The number of para-hydroxylation sites is 1. The lowest BCUT2D eigenvalue weighted by Crippen LogP contribution is -2.02. The zero-order chi connectivity index (χ0) is 13.0. The van der Waals surface area contributed by atoms with Crippen molar-refractivity contribution >= 4 is 0 Å². The van der Waals surface area contributed by atoms with Gasteiger partial charge in [0.2, 0.25) is 0 Å². The van der Waals surface area contributed by atoms with E-state index in [4.69, 9.17) is 4.74 Å². The van der Waals surface area contributed by atoms with Gasteiger partial charge < -0.3 is 9.84 Å². The molecule has 0 bridgehead atoms. The molecule has 0 radical (unpaired) electrons. The molecule has 0 spiro atoms. The second kappa shape index (κ2) is 5.65. The van der Waals surface area contributed by atoms with E-state index in [2.05, 4.69) is 4.98 Å². The predicted molar refractivity (Wildman–Crippen MR) is 70.4 cm³/mol. The van der Waals surface area contributed by atoms with Gasteiger partial charge in [0.25, 0.3) is 0 Å². The molecule has 0 amide bonds. The van der Waals surface area contributed by atoms with Crippen LogP contribution in [-0.4, -0.2) is 10.1 Å². The highest BCUT2D eigenvalue weighted by molar-refractivity contribution is 5.34. The van der Waals surface area contributed by atoms with Gasteiger partial charge in [0.1, 0.15) is 12.4 Å². The van der Waals surface area contributed by atoms with Gasteiger partial charge in [0.15, 0.2) is 0 Å². The van der Waals surface area contributed by atoms with E-state index in [0.29, 0.717) is 12.4 Å². The number of pyridine rings is 1. The Hall–Kier alpha value is -1.87. The van der Waals surface area contributed by atoms with Crippen LogP contribution in [0.2, 0.25) is 0 Å². The monoisotopic (exact) mass is 243 g/mol. The summed E-state index contributed by atoms with van der Waals surface area (Å²) in [4.78, 5) is 4.38. The lowest BCUT2D eigenvalue weighted by molar-refractivity contribution is 0.190. The molecule has 2 aromatic rings. The molecule has 0 aliphatic rings. The van der Waals surface area contributed by atoms with Crippen molar-refractivity contribution in [3.05, 3.63) is 59.4 Å². The van der Waals surface area contributed by atoms with Crippen LogP contribution >= 0.6 is 0 Å². The third kappa shape index (κ3) is 3.08. The van der Waals surface area contributed by atoms with E-state index in [1.165, 1.54) is 0 Å². The summed E-state index contributed by atoms with van der Waals surface area (Å²) in [7, 11) is 0. The van der Waals surface area contributed by atoms with Crippen LogP contribution in [0, 0.1) is 6.92 Å². The van der Waals surface area contributed by atoms with Crippen molar-refractivity contribution in [1.29, 1.82) is 0 Å². The zero-order valence-corrected chi connectivity index (χ0v) is 10.6. The molecule has 1 N–H and O–H groups in total. The fourth-order valence-electron chi connectivity index (χ4n) is 1.79. The van der Waals surface area contributed by atoms with E-state index < -0.39 is 6.10 Å². The first kappa shape index (κ1) is 12.6. The maximum atomic E-state index is 9.65. The van der Waals surface area contributed by atoms with Crippen LogP contribution in [0.1, 0.15) is 30.0 Å². The van der Waals surface area contributed by atoms with Crippen molar-refractivity contribution in [2.75, 3.05) is 0 Å². The van der Waals surface area contributed by atoms with Crippen molar-refractivity contribution in [3.63, 3.8) is 0 Å². The van der Waals surface area contributed by atoms with Gasteiger partial charge in [-0.3, -0.25) is 4.98 Å². The van der Waals surface area contributed by atoms with Gasteiger partial charge in [-0.15, -0.1) is 0 Å². The van der Waals surface area contributed by atoms with E-state index in [1.807, 2.05) is 49.4 Å². The Morgan fingerprint density at radius 3 is 2.67 bits per heavy atom. The molecule has 0 saturated heterocycles. The Bertz CT molecular complexity index is 523. The van der Waals surface area contributed by atoms with Gasteiger partial charge in [0, 0.05) is 11.3 Å². The smallest absolute Gasteiger partial charge is 0.130 e. The number of rotatable bonds is 4. The van der Waals surface area contributed by atoms with Crippen molar-refractivity contribution in [2.24, 2.45) is 0 Å². The van der Waals surface area contributed by atoms with Crippen LogP contribution < -0.4 is 4.74 Å². The molecule has 0 aliphatic heterocycles. The van der Waals surface area contributed by atoms with Crippen molar-refractivity contribution in [1.82, 2.24) is 4.98 Å². The first-order chi connectivity index (χ1) is 8.66. The number of nitrogens with zero attached hydrogens (tertiary/aromatic N) is 1. The molecule has 1 aromatic heterocycles. The topological polar surface area (TPSA) is 42.4 Å². The molecule has 18 heavy (non-hydrogen) atoms. The second-order valence-corrected chi connectivity index (χ2v) is 4.27. The van der Waals surface area contributed by atoms with Gasteiger partial charge in [-0.1, -0.05) is 24.3 Å². The fourth-order valence-corrected chi connectivity index (χ4v) is 1.79. The van der Waals surface area contributed by atoms with Gasteiger partial charge in [-0.05, 0) is 32.0 Å². The number of aliphatic hydroxyl groups is 1. The number of hydrogen-bond acceptors (Lipinski definition) is 3. The van der Waals surface area contributed by atoms with Crippen LogP contribution in [-0.2, 0) is 6.61 Å². The Morgan fingerprint density at radius 2 is 1.94 bits per heavy atom. The lowest BCUT2D eigenvalue weighted by atomic mass is 10.1. The Balaban J connectivity index is 2.11. The number of ether oxygens (including phenoxy) is 1. The van der Waals surface area contributed by atoms with Crippen molar-refractivity contribution in [2.45, 2.75) is 26.6 Å². The van der Waals surface area contributed by atoms with Gasteiger partial charge in [-0.25, -0.2) is 0 Å². The van der Waals surface area contributed by atoms with Crippen LogP contribution in [0.4, 0.5) is 0 Å². The summed E-state index contributed by atoms with van der Waals surface area (Å²) < 4.78 is 5.72. The standard InChI is InChI=1S/C15H17NO2/c1-11-6-5-7-13(16-11)10-18-15-9-4-3-8-14(15)12(2)17/h3-9,12,17H,10H2,1-2H3. The molecule has 0 fully saturated rings. The summed E-state index contributed by atoms with van der Waals surface area (Å²) >= 11 is 0. The average molecular weight is 243 g/mol. The van der Waals surface area contributed by atoms with Crippen LogP contribution in [0.5, 0.6) is 5.75 Å². The number of benzene rings is 1. The summed E-state index contributed by atoms with van der Waals surface area (Å²) in [5, 5.41) is 9.65. The van der Waals surface area contributed by atoms with Gasteiger partial charge >= 0.3 is 0 Å². The molecule has 1 heterocycles. The number of aliphatic hydroxyl groups excluding tert-OH is 1. The van der Waals surface area contributed by atoms with Crippen molar-refractivity contribution in [3.8, 4) is 5.75 Å². The predicted octanol–water partition coefficient (Wildman–Crippen LogP) is 3.02. The van der Waals surface area contributed by atoms with E-state index >= 15 is 0 Å². The lowest BCUT2D eigenvalue weighted by Gasteiger charge is -2.13. The van der Waals surface area contributed by atoms with Gasteiger partial charge in [0.05, 0.1) is 11.8 Å². The quantitative estimate of drug-likeness (QED) is 0.897. The first-order valence-corrected chi connectivity index (χ1v) is 5.99. The molecule has 0 aliphatic carbocycles. The minimum absolute atomic E-state index is 0.408. The second-order valence-electron chi connectivity index (χ2n) is 4.27. The minimum Gasteiger partial charge on any atom is -0.487 e. The molecule has 2 rings (SSSR count). The molecule has 3 heteroatoms. The molecule has 94 valence electrons. The number of hydrogen-bond donors (Lipinski definition) is 1. The van der Waals surface area contributed by atoms with E-state index in [1.54, 1.807) is 6.92 Å². The molecule has 1 atom stereocenters. The summed E-state index contributed by atoms with van der Waals surface area (Å²) in [6, 6.07) is 13.3. The molecule has 1 aromatic carbocycles. The zero-order valence-electron chi connectivity index (χ0n) is 10.6. The molecule has 1 unspecified atom stereocenters. The van der Waals surface area contributed by atoms with Crippen LogP contribution in [0.25, 0.3) is 0 Å². The summed E-state index contributed by atoms with van der Waals surface area (Å²) in [5.74, 6) is 0.704. The van der Waals surface area contributed by atoms with Crippen LogP contribution in [0.3, 0.4) is 0 Å². The Kier molecular flexibility index (Phi) is 3.95. The van der Waals surface area contributed by atoms with E-state index in [0.717, 1.165) is 17.0 Å². The Labute approximate surface area is 107 Å². The molecular formula is C15H17NO2. The normalized spacial score (nSPS) is 12.2. The minimum atomic E-state index is -0.535. The molecule has 3 nitrogen and oxygen atoms in total. The number of aryl methyl sites for hydroxylation is 1. The van der Waals surface area contributed by atoms with E-state index in [-0.39, 0.29) is 0 Å². The average Bonchev–Trinajstić information content (AvgIpc) is 2.37. The number of aromatic nitrogens is 1. The summed E-state index contributed by atoms with van der Waals surface area (Å²) in [5.41, 5.74) is 2.65. The first-order valence-electron chi connectivity index (χ1n) is 5.99. The third-order valence-electron chi connectivity index (χ3n) is 2.69. The highest BCUT2D eigenvalue weighted by Crippen LogP contribution is 2.25. The highest BCUT2D eigenvalue weighted by atomic mass is 16.5. The summed E-state index contributed by atoms with van der Waals surface area (Å²) in [6.07, 6.45) is -0.535. The van der Waals surface area contributed by atoms with E-state index in [9.17, 15) is 5.11 Å². The third-order valence-corrected chi connectivity index (χ3v) is 2.69. The largest absolute Gasteiger partial charge is 0.487 e. The maximum Gasteiger partial charge on any atom is 0.130 e. The van der Waals surface area contributed by atoms with Gasteiger partial charge in [-0.2, -0.15) is 0 Å².